The van der Waals surface area contributed by atoms with Gasteiger partial charge in [-0.2, -0.15) is 13.2 Å². The Bertz CT molecular complexity index is 2110. The third kappa shape index (κ3) is 7.88. The smallest absolute Gasteiger partial charge is 0.438 e. The zero-order valence-corrected chi connectivity index (χ0v) is 29.7. The number of Topliss-reactive ketones (excluding diaryl/α,β-unsaturated/α-hetero) is 2. The first kappa shape index (κ1) is 37.6. The third-order valence-corrected chi connectivity index (χ3v) is 12.4. The number of nitrogens with one attached hydrogen (secondary N) is 1. The van der Waals surface area contributed by atoms with Gasteiger partial charge < -0.3 is 14.2 Å². The number of sulfonamides is 1. The summed E-state index contributed by atoms with van der Waals surface area (Å²) in [4.78, 5) is 64.3. The molecule has 1 aromatic carbocycles. The summed E-state index contributed by atoms with van der Waals surface area (Å²) in [7, 11) is -3.96. The van der Waals surface area contributed by atoms with Gasteiger partial charge in [0.25, 0.3) is 0 Å². The van der Waals surface area contributed by atoms with E-state index in [4.69, 9.17) is 9.26 Å². The minimum absolute atomic E-state index is 0.000961. The number of hydrogen-bond acceptors (Lipinski definition) is 11. The van der Waals surface area contributed by atoms with E-state index in [1.807, 2.05) is 6.08 Å². The van der Waals surface area contributed by atoms with Gasteiger partial charge in [0.1, 0.15) is 23.9 Å². The lowest BCUT2D eigenvalue weighted by Gasteiger charge is -2.29. The molecular formula is C36H37F4N5O8S. The molecule has 2 aliphatic carbocycles. The predicted octanol–water partition coefficient (Wildman–Crippen LogP) is 5.11. The van der Waals surface area contributed by atoms with Crippen LogP contribution in [0.1, 0.15) is 86.8 Å². The van der Waals surface area contributed by atoms with Gasteiger partial charge in [0.2, 0.25) is 33.4 Å². The summed E-state index contributed by atoms with van der Waals surface area (Å²) in [6.07, 6.45) is 1.37. The van der Waals surface area contributed by atoms with Gasteiger partial charge in [0.15, 0.2) is 11.6 Å². The molecule has 4 heterocycles. The maximum absolute atomic E-state index is 14.4. The topological polar surface area (TPSA) is 179 Å². The fourth-order valence-electron chi connectivity index (χ4n) is 7.44. The van der Waals surface area contributed by atoms with Gasteiger partial charge in [-0.15, -0.1) is 0 Å². The number of fused-ring (bicyclic) bond motifs is 3. The van der Waals surface area contributed by atoms with Crippen molar-refractivity contribution >= 4 is 44.4 Å². The first-order chi connectivity index (χ1) is 25.6. The molecule has 2 saturated carbocycles. The van der Waals surface area contributed by atoms with Crippen LogP contribution in [0.5, 0.6) is 5.88 Å². The van der Waals surface area contributed by atoms with Gasteiger partial charge in [0.05, 0.1) is 34.3 Å². The van der Waals surface area contributed by atoms with Crippen LogP contribution >= 0.6 is 0 Å². The first-order valence-electron chi connectivity index (χ1n) is 17.9. The summed E-state index contributed by atoms with van der Waals surface area (Å²) >= 11 is 0. The number of nitrogens with zero attached hydrogens (tertiary/aromatic N) is 4. The lowest BCUT2D eigenvalue weighted by molar-refractivity contribution is -0.143. The van der Waals surface area contributed by atoms with Crippen molar-refractivity contribution in [3.8, 4) is 5.88 Å². The number of ether oxygens (including phenoxy) is 1. The number of rotatable bonds is 8. The molecule has 2 amide bonds. The minimum atomic E-state index is -5.04. The number of carbonyl (C=O) groups is 4. The van der Waals surface area contributed by atoms with Crippen LogP contribution in [0.2, 0.25) is 0 Å². The molecule has 0 spiro atoms. The quantitative estimate of drug-likeness (QED) is 0.183. The molecular weight excluding hydrogens is 738 g/mol. The van der Waals surface area contributed by atoms with Crippen LogP contribution in [-0.4, -0.2) is 75.8 Å². The lowest BCUT2D eigenvalue weighted by atomic mass is 9.90. The second kappa shape index (κ2) is 14.5. The Labute approximate surface area is 306 Å². The zero-order valence-electron chi connectivity index (χ0n) is 28.9. The molecule has 2 aliphatic heterocycles. The molecule has 54 heavy (non-hydrogen) atoms. The average molecular weight is 776 g/mol. The van der Waals surface area contributed by atoms with Crippen LogP contribution in [0, 0.1) is 23.1 Å². The van der Waals surface area contributed by atoms with Crippen molar-refractivity contribution < 1.29 is 54.4 Å². The van der Waals surface area contributed by atoms with Crippen molar-refractivity contribution in [2.75, 3.05) is 6.54 Å². The summed E-state index contributed by atoms with van der Waals surface area (Å²) in [6, 6.07) is 2.92. The van der Waals surface area contributed by atoms with Crippen molar-refractivity contribution in [3.63, 3.8) is 0 Å². The zero-order chi connectivity index (χ0) is 38.4. The van der Waals surface area contributed by atoms with Crippen LogP contribution in [0.3, 0.4) is 0 Å². The number of alkyl halides is 3. The number of hydrogen-bond donors (Lipinski definition) is 1. The number of aromatic nitrogens is 3. The van der Waals surface area contributed by atoms with Crippen molar-refractivity contribution in [3.05, 3.63) is 59.9 Å². The number of amides is 2. The highest BCUT2D eigenvalue weighted by Crippen LogP contribution is 2.57. The Balaban J connectivity index is 1.22. The second-order valence-electron chi connectivity index (χ2n) is 14.6. The maximum atomic E-state index is 14.4. The van der Waals surface area contributed by atoms with Gasteiger partial charge in [-0.25, -0.2) is 22.8 Å². The maximum Gasteiger partial charge on any atom is 0.438 e. The van der Waals surface area contributed by atoms with E-state index < -0.39 is 98.0 Å². The summed E-state index contributed by atoms with van der Waals surface area (Å²) < 4.78 is 95.1. The summed E-state index contributed by atoms with van der Waals surface area (Å²) in [5.74, 6) is -5.71. The molecule has 5 atom stereocenters. The van der Waals surface area contributed by atoms with Crippen LogP contribution in [0.4, 0.5) is 17.6 Å². The van der Waals surface area contributed by atoms with Crippen molar-refractivity contribution in [2.45, 2.75) is 94.2 Å². The Morgan fingerprint density at radius 2 is 1.85 bits per heavy atom. The highest BCUT2D eigenvalue weighted by molar-refractivity contribution is 7.90. The molecule has 13 nitrogen and oxygen atoms in total. The number of halogens is 4. The average Bonchev–Trinajstić information content (AvgIpc) is 3.97. The van der Waals surface area contributed by atoms with E-state index in [1.165, 1.54) is 17.2 Å². The first-order valence-corrected chi connectivity index (χ1v) is 19.4. The van der Waals surface area contributed by atoms with Gasteiger partial charge in [-0.05, 0) is 56.6 Å². The summed E-state index contributed by atoms with van der Waals surface area (Å²) in [5.41, 5.74) is -3.37. The third-order valence-electron chi connectivity index (χ3n) is 10.6. The van der Waals surface area contributed by atoms with Crippen LogP contribution in [-0.2, 0) is 30.6 Å². The number of carbonyl (C=O) groups excluding carboxylic acids is 4. The van der Waals surface area contributed by atoms with Gasteiger partial charge in [0, 0.05) is 37.3 Å². The Hall–Kier alpha value is -4.74. The highest BCUT2D eigenvalue weighted by atomic mass is 32.2. The number of ketones is 2. The van der Waals surface area contributed by atoms with Crippen LogP contribution in [0.15, 0.2) is 47.2 Å². The fourth-order valence-corrected chi connectivity index (χ4v) is 8.83. The Morgan fingerprint density at radius 1 is 1.06 bits per heavy atom. The van der Waals surface area contributed by atoms with Crippen LogP contribution < -0.4 is 9.46 Å². The molecule has 1 saturated heterocycles. The van der Waals surface area contributed by atoms with Gasteiger partial charge in [-0.1, -0.05) is 30.2 Å². The molecule has 0 bridgehead atoms. The highest BCUT2D eigenvalue weighted by Gasteiger charge is 2.61. The summed E-state index contributed by atoms with van der Waals surface area (Å²) in [6.45, 7) is -0.386. The molecule has 2 aromatic heterocycles. The molecule has 4 aliphatic rings. The van der Waals surface area contributed by atoms with Crippen molar-refractivity contribution in [1.82, 2.24) is 24.7 Å². The Kier molecular flexibility index (Phi) is 10.1. The number of benzene rings is 1. The molecule has 1 N–H and O–H groups in total. The van der Waals surface area contributed by atoms with Crippen LogP contribution in [0.25, 0.3) is 11.0 Å². The molecule has 18 heteroatoms. The molecule has 0 radical (unpaired) electrons. The SMILES string of the molecule is O=C(C[C@H]1CCCCC/C=C\[C@@H]2C[C@@]2(C(=O)NS(=O)(=O)C2CC2)CC(=O)[C@@H]2C[C@@H](Oc3nc4cc(F)ccc4nc3C(F)(F)F)CN2C1=O)c1ccon1. The largest absolute Gasteiger partial charge is 0.471 e. The monoisotopic (exact) mass is 775 g/mol. The number of allylic oxidation sites excluding steroid dienone is 2. The molecule has 3 fully saturated rings. The van der Waals surface area contributed by atoms with E-state index in [0.717, 1.165) is 24.6 Å². The van der Waals surface area contributed by atoms with Crippen molar-refractivity contribution in [2.24, 2.45) is 17.3 Å². The molecule has 0 unspecified atom stereocenters. The van der Waals surface area contributed by atoms with Gasteiger partial charge >= 0.3 is 6.18 Å². The van der Waals surface area contributed by atoms with E-state index in [9.17, 15) is 45.2 Å². The lowest BCUT2D eigenvalue weighted by Crippen LogP contribution is -2.46. The van der Waals surface area contributed by atoms with Gasteiger partial charge in [-0.3, -0.25) is 23.9 Å². The van der Waals surface area contributed by atoms with E-state index >= 15 is 0 Å². The normalized spacial score (nSPS) is 27.4. The Morgan fingerprint density at radius 3 is 2.57 bits per heavy atom. The van der Waals surface area contributed by atoms with E-state index in [0.29, 0.717) is 32.1 Å². The minimum Gasteiger partial charge on any atom is -0.471 e. The fraction of sp³-hybridized carbons (Fsp3) is 0.528. The van der Waals surface area contributed by atoms with Crippen molar-refractivity contribution in [1.29, 1.82) is 0 Å². The van der Waals surface area contributed by atoms with E-state index in [-0.39, 0.29) is 49.0 Å². The standard InChI is InChI=1S/C36H37F4N5O8S/c37-22-8-11-25-27(15-22)42-32(31(41-25)36(38,39)40)53-23-16-28-30(47)18-35(34(49)44-54(50,51)24-9-10-24)17-21(35)7-5-3-1-2-4-6-20(33(48)45(28)19-23)14-29(46)26-12-13-52-43-26/h5,7-8,11-13,15,20-21,23-24,28H,1-4,6,9-10,14,16-19H2,(H,44,49)/b7-5-/t20-,21-,23-,28+,35-/m1/s1. The predicted molar refractivity (Wildman–Crippen MR) is 180 cm³/mol. The molecule has 3 aromatic rings. The second-order valence-corrected chi connectivity index (χ2v) is 16.5. The summed E-state index contributed by atoms with van der Waals surface area (Å²) in [5, 5.41) is 2.98. The molecule has 7 rings (SSSR count). The molecule has 288 valence electrons. The van der Waals surface area contributed by atoms with E-state index in [1.54, 1.807) is 6.08 Å². The van der Waals surface area contributed by atoms with E-state index in [2.05, 4.69) is 19.8 Å².